The lowest BCUT2D eigenvalue weighted by Gasteiger charge is -2.19. The summed E-state index contributed by atoms with van der Waals surface area (Å²) in [6.45, 7) is 0.458. The maximum absolute atomic E-state index is 12.6. The van der Waals surface area contributed by atoms with Gasteiger partial charge < -0.3 is 18.9 Å². The number of benzene rings is 2. The zero-order chi connectivity index (χ0) is 15.8. The zero-order valence-electron chi connectivity index (χ0n) is 12.5. The van der Waals surface area contributed by atoms with Gasteiger partial charge in [0.15, 0.2) is 17.3 Å². The van der Waals surface area contributed by atoms with Gasteiger partial charge in [0.1, 0.15) is 18.1 Å². The molecule has 0 aromatic heterocycles. The number of Topliss-reactive ketones (excluding diaryl/α,β-unsaturated/α-hetero) is 1. The van der Waals surface area contributed by atoms with Gasteiger partial charge in [0.05, 0.1) is 12.7 Å². The number of carbonyl (C=O) groups is 1. The molecule has 116 valence electrons. The number of rotatable bonds is 2. The minimum atomic E-state index is -0.0356. The predicted molar refractivity (Wildman–Crippen MR) is 83.4 cm³/mol. The first-order valence-corrected chi connectivity index (χ1v) is 7.20. The Morgan fingerprint density at radius 2 is 1.87 bits per heavy atom. The SMILES string of the molecule is COc1ccc2c(c1)OCC(=Cc1ccc3c(c1)OCO3)C2=O. The number of ketones is 1. The van der Waals surface area contributed by atoms with Gasteiger partial charge in [-0.05, 0) is 35.9 Å². The van der Waals surface area contributed by atoms with Crippen molar-refractivity contribution in [2.45, 2.75) is 0 Å². The molecule has 2 aliphatic heterocycles. The smallest absolute Gasteiger partial charge is 0.231 e. The molecule has 0 saturated carbocycles. The standard InChI is InChI=1S/C18H14O5/c1-20-13-3-4-14-16(8-13)21-9-12(18(14)19)6-11-2-5-15-17(7-11)23-10-22-15/h2-8H,9-10H2,1H3. The summed E-state index contributed by atoms with van der Waals surface area (Å²) in [4.78, 5) is 12.6. The van der Waals surface area contributed by atoms with Crippen molar-refractivity contribution in [2.75, 3.05) is 20.5 Å². The van der Waals surface area contributed by atoms with Gasteiger partial charge in [-0.3, -0.25) is 4.79 Å². The molecule has 2 aromatic rings. The Morgan fingerprint density at radius 3 is 2.74 bits per heavy atom. The van der Waals surface area contributed by atoms with Crippen molar-refractivity contribution in [2.24, 2.45) is 0 Å². The zero-order valence-corrected chi connectivity index (χ0v) is 12.5. The average Bonchev–Trinajstić information content (AvgIpc) is 3.05. The molecule has 4 rings (SSSR count). The molecule has 0 radical (unpaired) electrons. The highest BCUT2D eigenvalue weighted by Gasteiger charge is 2.24. The third-order valence-electron chi connectivity index (χ3n) is 3.85. The Kier molecular flexibility index (Phi) is 3.19. The molecule has 0 aliphatic carbocycles. The molecule has 0 fully saturated rings. The Hall–Kier alpha value is -2.95. The van der Waals surface area contributed by atoms with Gasteiger partial charge in [0.25, 0.3) is 0 Å². The van der Waals surface area contributed by atoms with E-state index in [9.17, 15) is 4.79 Å². The molecule has 2 aliphatic rings. The molecule has 2 heterocycles. The lowest BCUT2D eigenvalue weighted by Crippen LogP contribution is -2.19. The van der Waals surface area contributed by atoms with Crippen LogP contribution in [0.3, 0.4) is 0 Å². The minimum absolute atomic E-state index is 0.0356. The van der Waals surface area contributed by atoms with E-state index >= 15 is 0 Å². The van der Waals surface area contributed by atoms with E-state index in [0.717, 1.165) is 11.3 Å². The van der Waals surface area contributed by atoms with E-state index in [0.29, 0.717) is 28.4 Å². The van der Waals surface area contributed by atoms with E-state index < -0.39 is 0 Å². The maximum atomic E-state index is 12.6. The van der Waals surface area contributed by atoms with E-state index in [1.165, 1.54) is 0 Å². The Morgan fingerprint density at radius 1 is 1.00 bits per heavy atom. The lowest BCUT2D eigenvalue weighted by molar-refractivity contribution is 0.100. The summed E-state index contributed by atoms with van der Waals surface area (Å²) in [6.07, 6.45) is 1.82. The summed E-state index contributed by atoms with van der Waals surface area (Å²) in [5.41, 5.74) is 2.02. The Balaban J connectivity index is 1.66. The first-order chi connectivity index (χ1) is 11.2. The predicted octanol–water partition coefficient (Wildman–Crippen LogP) is 3.08. The fraction of sp³-hybridized carbons (Fsp3) is 0.167. The largest absolute Gasteiger partial charge is 0.497 e. The fourth-order valence-electron chi connectivity index (χ4n) is 2.64. The third-order valence-corrected chi connectivity index (χ3v) is 3.85. The van der Waals surface area contributed by atoms with Crippen LogP contribution in [0.4, 0.5) is 0 Å². The molecule has 23 heavy (non-hydrogen) atoms. The molecular formula is C18H14O5. The van der Waals surface area contributed by atoms with Gasteiger partial charge in [-0.1, -0.05) is 6.07 Å². The topological polar surface area (TPSA) is 54.0 Å². The van der Waals surface area contributed by atoms with Crippen molar-refractivity contribution in [1.82, 2.24) is 0 Å². The van der Waals surface area contributed by atoms with Gasteiger partial charge in [-0.15, -0.1) is 0 Å². The van der Waals surface area contributed by atoms with Crippen molar-refractivity contribution in [3.63, 3.8) is 0 Å². The Bertz CT molecular complexity index is 822. The number of hydrogen-bond donors (Lipinski definition) is 0. The second kappa shape index (κ2) is 5.35. The van der Waals surface area contributed by atoms with Crippen molar-refractivity contribution in [3.05, 3.63) is 53.1 Å². The lowest BCUT2D eigenvalue weighted by atomic mass is 9.98. The van der Waals surface area contributed by atoms with Crippen molar-refractivity contribution >= 4 is 11.9 Å². The molecule has 0 unspecified atom stereocenters. The van der Waals surface area contributed by atoms with E-state index in [2.05, 4.69) is 0 Å². The van der Waals surface area contributed by atoms with Crippen LogP contribution in [0, 0.1) is 0 Å². The molecule has 0 amide bonds. The monoisotopic (exact) mass is 310 g/mol. The molecule has 0 N–H and O–H groups in total. The molecule has 2 aromatic carbocycles. The van der Waals surface area contributed by atoms with Crippen molar-refractivity contribution in [1.29, 1.82) is 0 Å². The normalized spacial score (nSPS) is 16.9. The molecule has 0 atom stereocenters. The second-order valence-corrected chi connectivity index (χ2v) is 5.26. The highest BCUT2D eigenvalue weighted by atomic mass is 16.7. The van der Waals surface area contributed by atoms with E-state index in [1.54, 1.807) is 25.3 Å². The van der Waals surface area contributed by atoms with Crippen LogP contribution in [-0.4, -0.2) is 26.3 Å². The molecule has 5 nitrogen and oxygen atoms in total. The summed E-state index contributed by atoms with van der Waals surface area (Å²) in [5.74, 6) is 2.59. The van der Waals surface area contributed by atoms with E-state index in [-0.39, 0.29) is 19.2 Å². The summed E-state index contributed by atoms with van der Waals surface area (Å²) in [6, 6.07) is 10.8. The average molecular weight is 310 g/mol. The van der Waals surface area contributed by atoms with Crippen molar-refractivity contribution < 1.29 is 23.7 Å². The fourth-order valence-corrected chi connectivity index (χ4v) is 2.64. The molecule has 0 bridgehead atoms. The molecule has 0 spiro atoms. The number of hydrogen-bond acceptors (Lipinski definition) is 5. The van der Waals surface area contributed by atoms with Crippen LogP contribution in [0.1, 0.15) is 15.9 Å². The van der Waals surface area contributed by atoms with Gasteiger partial charge >= 0.3 is 0 Å². The highest BCUT2D eigenvalue weighted by Crippen LogP contribution is 2.35. The van der Waals surface area contributed by atoms with Crippen LogP contribution in [0.15, 0.2) is 42.0 Å². The summed E-state index contributed by atoms with van der Waals surface area (Å²) >= 11 is 0. The van der Waals surface area contributed by atoms with Crippen LogP contribution in [-0.2, 0) is 0 Å². The van der Waals surface area contributed by atoms with Gasteiger partial charge in [-0.2, -0.15) is 0 Å². The molecule has 0 saturated heterocycles. The first kappa shape index (κ1) is 13.7. The van der Waals surface area contributed by atoms with Crippen LogP contribution in [0.25, 0.3) is 6.08 Å². The molecular weight excluding hydrogens is 296 g/mol. The van der Waals surface area contributed by atoms with Gasteiger partial charge in [0.2, 0.25) is 6.79 Å². The molecule has 5 heteroatoms. The van der Waals surface area contributed by atoms with Crippen LogP contribution >= 0.6 is 0 Å². The van der Waals surface area contributed by atoms with Gasteiger partial charge in [-0.25, -0.2) is 0 Å². The number of ether oxygens (including phenoxy) is 4. The number of fused-ring (bicyclic) bond motifs is 2. The van der Waals surface area contributed by atoms with Crippen LogP contribution in [0.2, 0.25) is 0 Å². The highest BCUT2D eigenvalue weighted by molar-refractivity contribution is 6.14. The van der Waals surface area contributed by atoms with Crippen LogP contribution in [0.5, 0.6) is 23.0 Å². The van der Waals surface area contributed by atoms with E-state index in [4.69, 9.17) is 18.9 Å². The summed E-state index contributed by atoms with van der Waals surface area (Å²) < 4.78 is 21.5. The van der Waals surface area contributed by atoms with Gasteiger partial charge in [0, 0.05) is 11.6 Å². The maximum Gasteiger partial charge on any atom is 0.231 e. The quantitative estimate of drug-likeness (QED) is 0.798. The summed E-state index contributed by atoms with van der Waals surface area (Å²) in [7, 11) is 1.58. The van der Waals surface area contributed by atoms with Crippen molar-refractivity contribution in [3.8, 4) is 23.0 Å². The number of methoxy groups -OCH3 is 1. The van der Waals surface area contributed by atoms with Crippen LogP contribution < -0.4 is 18.9 Å². The summed E-state index contributed by atoms with van der Waals surface area (Å²) in [5, 5.41) is 0. The third kappa shape index (κ3) is 2.40. The minimum Gasteiger partial charge on any atom is -0.497 e. The second-order valence-electron chi connectivity index (χ2n) is 5.26. The number of carbonyl (C=O) groups excluding carboxylic acids is 1. The Labute approximate surface area is 133 Å². The van der Waals surface area contributed by atoms with E-state index in [1.807, 2.05) is 24.3 Å². The first-order valence-electron chi connectivity index (χ1n) is 7.20.